The Hall–Kier alpha value is -0.950. The van der Waals surface area contributed by atoms with Gasteiger partial charge in [0.1, 0.15) is 0 Å². The highest BCUT2D eigenvalue weighted by atomic mass is 32.2. The van der Waals surface area contributed by atoms with Crippen LogP contribution in [0.3, 0.4) is 0 Å². The summed E-state index contributed by atoms with van der Waals surface area (Å²) in [5.74, 6) is 0. The van der Waals surface area contributed by atoms with Gasteiger partial charge in [-0.1, -0.05) is 26.0 Å². The Morgan fingerprint density at radius 3 is 2.20 bits per heavy atom. The summed E-state index contributed by atoms with van der Waals surface area (Å²) in [6.45, 7) is 6.29. The number of likely N-dealkylation sites (N-methyl/N-ethyl adjacent to an activating group) is 1. The molecule has 0 saturated carbocycles. The number of nitrogens with one attached hydrogen (secondary N) is 1. The number of sulfonamides is 1. The molecule has 0 amide bonds. The zero-order chi connectivity index (χ0) is 15.3. The second-order valence-electron chi connectivity index (χ2n) is 5.23. The molecule has 5 nitrogen and oxygen atoms in total. The Bertz CT molecular complexity index is 512. The van der Waals surface area contributed by atoms with E-state index in [-0.39, 0.29) is 11.5 Å². The van der Waals surface area contributed by atoms with E-state index >= 15 is 0 Å². The summed E-state index contributed by atoms with van der Waals surface area (Å²) in [6, 6.07) is 6.76. The Labute approximate surface area is 121 Å². The summed E-state index contributed by atoms with van der Waals surface area (Å²) in [5, 5.41) is 12.3. The average molecular weight is 300 g/mol. The predicted octanol–water partition coefficient (Wildman–Crippen LogP) is 1.19. The molecule has 0 aliphatic carbocycles. The minimum Gasteiger partial charge on any atom is -0.395 e. The van der Waals surface area contributed by atoms with E-state index in [2.05, 4.69) is 19.2 Å². The summed E-state index contributed by atoms with van der Waals surface area (Å²) in [7, 11) is -2.07. The van der Waals surface area contributed by atoms with Crippen LogP contribution >= 0.6 is 0 Å². The summed E-state index contributed by atoms with van der Waals surface area (Å²) < 4.78 is 25.8. The van der Waals surface area contributed by atoms with E-state index < -0.39 is 16.1 Å². The number of aliphatic hydroxyl groups excluding tert-OH is 1. The Kier molecular flexibility index (Phi) is 6.13. The lowest BCUT2D eigenvalue weighted by molar-refractivity contribution is 0.214. The third-order valence-electron chi connectivity index (χ3n) is 3.20. The molecule has 1 aromatic carbocycles. The van der Waals surface area contributed by atoms with Crippen molar-refractivity contribution in [3.63, 3.8) is 0 Å². The molecule has 2 N–H and O–H groups in total. The molecule has 0 radical (unpaired) electrons. The SMILES string of the molecule is CC(C)NCc1ccc(S(=O)(=O)N(C)C(C)CO)cc1. The molecule has 114 valence electrons. The van der Waals surface area contributed by atoms with E-state index in [4.69, 9.17) is 5.11 Å². The molecule has 0 spiro atoms. The van der Waals surface area contributed by atoms with Gasteiger partial charge in [0.2, 0.25) is 10.0 Å². The first kappa shape index (κ1) is 17.1. The zero-order valence-electron chi connectivity index (χ0n) is 12.5. The minimum absolute atomic E-state index is 0.202. The van der Waals surface area contributed by atoms with Gasteiger partial charge in [0.25, 0.3) is 0 Å². The van der Waals surface area contributed by atoms with Crippen LogP contribution in [0.5, 0.6) is 0 Å². The fourth-order valence-electron chi connectivity index (χ4n) is 1.62. The maximum Gasteiger partial charge on any atom is 0.243 e. The minimum atomic E-state index is -3.55. The normalized spacial score (nSPS) is 13.9. The van der Waals surface area contributed by atoms with Crippen LogP contribution < -0.4 is 5.32 Å². The standard InChI is InChI=1S/C14H24N2O3S/c1-11(2)15-9-13-5-7-14(8-6-13)20(18,19)16(4)12(3)10-17/h5-8,11-12,15,17H,9-10H2,1-4H3. The first-order valence-corrected chi connectivity index (χ1v) is 8.14. The van der Waals surface area contributed by atoms with Crippen molar-refractivity contribution in [2.24, 2.45) is 0 Å². The van der Waals surface area contributed by atoms with E-state index in [9.17, 15) is 8.42 Å². The van der Waals surface area contributed by atoms with Crippen molar-refractivity contribution >= 4 is 10.0 Å². The second-order valence-corrected chi connectivity index (χ2v) is 7.23. The van der Waals surface area contributed by atoms with E-state index in [1.165, 1.54) is 11.4 Å². The lowest BCUT2D eigenvalue weighted by Gasteiger charge is -2.22. The summed E-state index contributed by atoms with van der Waals surface area (Å²) >= 11 is 0. The van der Waals surface area contributed by atoms with Gasteiger partial charge >= 0.3 is 0 Å². The zero-order valence-corrected chi connectivity index (χ0v) is 13.3. The van der Waals surface area contributed by atoms with Gasteiger partial charge in [0, 0.05) is 25.7 Å². The highest BCUT2D eigenvalue weighted by molar-refractivity contribution is 7.89. The van der Waals surface area contributed by atoms with E-state index in [0.29, 0.717) is 12.6 Å². The lowest BCUT2D eigenvalue weighted by atomic mass is 10.2. The Balaban J connectivity index is 2.87. The molecule has 0 aliphatic rings. The molecule has 6 heteroatoms. The molecule has 0 aromatic heterocycles. The van der Waals surface area contributed by atoms with Crippen molar-refractivity contribution in [1.82, 2.24) is 9.62 Å². The van der Waals surface area contributed by atoms with Crippen molar-refractivity contribution in [3.05, 3.63) is 29.8 Å². The summed E-state index contributed by atoms with van der Waals surface area (Å²) in [4.78, 5) is 0.244. The van der Waals surface area contributed by atoms with E-state index in [0.717, 1.165) is 5.56 Å². The molecule has 1 unspecified atom stereocenters. The first-order chi connectivity index (χ1) is 9.28. The molecule has 0 saturated heterocycles. The number of hydrogen-bond donors (Lipinski definition) is 2. The van der Waals surface area contributed by atoms with Crippen LogP contribution in [0.15, 0.2) is 29.2 Å². The Morgan fingerprint density at radius 1 is 1.20 bits per heavy atom. The van der Waals surface area contributed by atoms with Crippen LogP contribution in [0, 0.1) is 0 Å². The fourth-order valence-corrected chi connectivity index (χ4v) is 2.97. The highest BCUT2D eigenvalue weighted by Crippen LogP contribution is 2.17. The molecular formula is C14H24N2O3S. The number of hydrogen-bond acceptors (Lipinski definition) is 4. The Morgan fingerprint density at radius 2 is 1.75 bits per heavy atom. The smallest absolute Gasteiger partial charge is 0.243 e. The number of benzene rings is 1. The lowest BCUT2D eigenvalue weighted by Crippen LogP contribution is -2.37. The van der Waals surface area contributed by atoms with Gasteiger partial charge in [-0.2, -0.15) is 4.31 Å². The predicted molar refractivity (Wildman–Crippen MR) is 79.9 cm³/mol. The fraction of sp³-hybridized carbons (Fsp3) is 0.571. The van der Waals surface area contributed by atoms with Gasteiger partial charge < -0.3 is 10.4 Å². The highest BCUT2D eigenvalue weighted by Gasteiger charge is 2.24. The largest absolute Gasteiger partial charge is 0.395 e. The molecule has 0 aliphatic heterocycles. The van der Waals surface area contributed by atoms with Crippen LogP contribution in [0.25, 0.3) is 0 Å². The third-order valence-corrected chi connectivity index (χ3v) is 5.19. The summed E-state index contributed by atoms with van der Waals surface area (Å²) in [6.07, 6.45) is 0. The van der Waals surface area contributed by atoms with Crippen molar-refractivity contribution in [3.8, 4) is 0 Å². The van der Waals surface area contributed by atoms with Crippen LogP contribution in [0.1, 0.15) is 26.3 Å². The number of nitrogens with zero attached hydrogens (tertiary/aromatic N) is 1. The molecular weight excluding hydrogens is 276 g/mol. The van der Waals surface area contributed by atoms with Crippen LogP contribution in [0.2, 0.25) is 0 Å². The van der Waals surface area contributed by atoms with Crippen molar-refractivity contribution in [2.45, 2.75) is 44.3 Å². The molecule has 0 bridgehead atoms. The van der Waals surface area contributed by atoms with Crippen molar-refractivity contribution < 1.29 is 13.5 Å². The second kappa shape index (κ2) is 7.17. The third kappa shape index (κ3) is 4.28. The molecule has 1 atom stereocenters. The van der Waals surface area contributed by atoms with Gasteiger partial charge in [-0.3, -0.25) is 0 Å². The molecule has 1 rings (SSSR count). The molecule has 0 fully saturated rings. The van der Waals surface area contributed by atoms with Gasteiger partial charge in [-0.25, -0.2) is 8.42 Å². The van der Waals surface area contributed by atoms with Crippen LogP contribution in [-0.4, -0.2) is 43.6 Å². The summed E-state index contributed by atoms with van der Waals surface area (Å²) in [5.41, 5.74) is 1.04. The maximum absolute atomic E-state index is 12.3. The van der Waals surface area contributed by atoms with Gasteiger partial charge in [-0.15, -0.1) is 0 Å². The maximum atomic E-state index is 12.3. The molecule has 1 aromatic rings. The van der Waals surface area contributed by atoms with Crippen LogP contribution in [-0.2, 0) is 16.6 Å². The van der Waals surface area contributed by atoms with Crippen LogP contribution in [0.4, 0.5) is 0 Å². The quantitative estimate of drug-likeness (QED) is 0.793. The molecule has 0 heterocycles. The average Bonchev–Trinajstić information content (AvgIpc) is 2.43. The monoisotopic (exact) mass is 300 g/mol. The number of rotatable bonds is 7. The van der Waals surface area contributed by atoms with Gasteiger partial charge in [0.15, 0.2) is 0 Å². The van der Waals surface area contributed by atoms with Gasteiger partial charge in [0.05, 0.1) is 11.5 Å². The molecule has 20 heavy (non-hydrogen) atoms. The van der Waals surface area contributed by atoms with Crippen molar-refractivity contribution in [2.75, 3.05) is 13.7 Å². The van der Waals surface area contributed by atoms with Crippen molar-refractivity contribution in [1.29, 1.82) is 0 Å². The van der Waals surface area contributed by atoms with Gasteiger partial charge in [-0.05, 0) is 24.6 Å². The first-order valence-electron chi connectivity index (χ1n) is 6.70. The van der Waals surface area contributed by atoms with E-state index in [1.807, 2.05) is 0 Å². The van der Waals surface area contributed by atoms with E-state index in [1.54, 1.807) is 31.2 Å². The number of aliphatic hydroxyl groups is 1. The topological polar surface area (TPSA) is 69.6 Å².